The van der Waals surface area contributed by atoms with E-state index in [-0.39, 0.29) is 0 Å². The van der Waals surface area contributed by atoms with Crippen molar-refractivity contribution in [2.75, 3.05) is 13.2 Å². The molecule has 0 fully saturated rings. The van der Waals surface area contributed by atoms with Gasteiger partial charge in [0.05, 0.1) is 12.6 Å². The molecule has 0 aliphatic heterocycles. The van der Waals surface area contributed by atoms with E-state index in [0.717, 1.165) is 18.9 Å². The third-order valence-electron chi connectivity index (χ3n) is 3.63. The molecule has 1 N–H and O–H groups in total. The van der Waals surface area contributed by atoms with Crippen LogP contribution < -0.4 is 10.1 Å². The number of benzene rings is 1. The van der Waals surface area contributed by atoms with Gasteiger partial charge in [-0.25, -0.2) is 0 Å². The second-order valence-corrected chi connectivity index (χ2v) is 5.02. The van der Waals surface area contributed by atoms with Gasteiger partial charge in [0, 0.05) is 0 Å². The summed E-state index contributed by atoms with van der Waals surface area (Å²) in [5.41, 5.74) is 2.90. The van der Waals surface area contributed by atoms with Crippen LogP contribution in [0.3, 0.4) is 0 Å². The summed E-state index contributed by atoms with van der Waals surface area (Å²) in [6.45, 7) is 5.91. The van der Waals surface area contributed by atoms with E-state index >= 15 is 0 Å². The van der Waals surface area contributed by atoms with E-state index in [9.17, 15) is 0 Å². The molecule has 2 heteroatoms. The predicted octanol–water partition coefficient (Wildman–Crippen LogP) is 4.24. The third-order valence-corrected chi connectivity index (χ3v) is 3.63. The Hall–Kier alpha value is -1.28. The largest absolute Gasteiger partial charge is 0.494 e. The summed E-state index contributed by atoms with van der Waals surface area (Å²) < 4.78 is 5.51. The molecule has 0 radical (unpaired) electrons. The molecule has 2 rings (SSSR count). The second-order valence-electron chi connectivity index (χ2n) is 5.02. The summed E-state index contributed by atoms with van der Waals surface area (Å²) in [5.74, 6) is 0.958. The average Bonchev–Trinajstić information content (AvgIpc) is 2.47. The highest BCUT2D eigenvalue weighted by molar-refractivity contribution is 5.34. The fourth-order valence-electron chi connectivity index (χ4n) is 2.72. The Morgan fingerprint density at radius 3 is 2.53 bits per heavy atom. The molecule has 1 aromatic carbocycles. The lowest BCUT2D eigenvalue weighted by atomic mass is 9.90. The molecule has 1 unspecified atom stereocenters. The highest BCUT2D eigenvalue weighted by Crippen LogP contribution is 2.30. The number of likely N-dealkylation sites (N-methyl/N-ethyl adjacent to an activating group) is 1. The Balaban J connectivity index is 2.15. The lowest BCUT2D eigenvalue weighted by Gasteiger charge is -2.24. The van der Waals surface area contributed by atoms with Gasteiger partial charge in [0.1, 0.15) is 5.75 Å². The summed E-state index contributed by atoms with van der Waals surface area (Å²) in [5, 5.41) is 3.61. The minimum atomic E-state index is 0.376. The van der Waals surface area contributed by atoms with Crippen LogP contribution in [-0.2, 0) is 0 Å². The molecule has 104 valence electrons. The molecule has 1 aromatic rings. The minimum absolute atomic E-state index is 0.376. The average molecular weight is 259 g/mol. The number of nitrogens with one attached hydrogen (secondary N) is 1. The van der Waals surface area contributed by atoms with Crippen LogP contribution in [0.4, 0.5) is 0 Å². The van der Waals surface area contributed by atoms with Gasteiger partial charge in [0.2, 0.25) is 0 Å². The molecule has 0 saturated carbocycles. The van der Waals surface area contributed by atoms with E-state index in [2.05, 4.69) is 42.6 Å². The van der Waals surface area contributed by atoms with Crippen molar-refractivity contribution >= 4 is 0 Å². The molecule has 0 aromatic heterocycles. The molecule has 2 nitrogen and oxygen atoms in total. The van der Waals surface area contributed by atoms with Crippen LogP contribution in [-0.4, -0.2) is 13.2 Å². The van der Waals surface area contributed by atoms with Crippen LogP contribution in [0.1, 0.15) is 51.1 Å². The van der Waals surface area contributed by atoms with Gasteiger partial charge >= 0.3 is 0 Å². The van der Waals surface area contributed by atoms with Crippen molar-refractivity contribution in [3.05, 3.63) is 41.5 Å². The monoisotopic (exact) mass is 259 g/mol. The Labute approximate surface area is 116 Å². The molecule has 0 saturated heterocycles. The zero-order valence-corrected chi connectivity index (χ0v) is 12.1. The van der Waals surface area contributed by atoms with E-state index < -0.39 is 0 Å². The summed E-state index contributed by atoms with van der Waals surface area (Å²) in [4.78, 5) is 0. The number of allylic oxidation sites excluding steroid dienone is 1. The van der Waals surface area contributed by atoms with Crippen molar-refractivity contribution in [3.63, 3.8) is 0 Å². The van der Waals surface area contributed by atoms with Gasteiger partial charge in [-0.05, 0) is 56.8 Å². The molecular weight excluding hydrogens is 234 g/mol. The van der Waals surface area contributed by atoms with Crippen LogP contribution in [0.15, 0.2) is 35.9 Å². The molecular formula is C17H25NO. The van der Waals surface area contributed by atoms with Gasteiger partial charge in [-0.15, -0.1) is 0 Å². The van der Waals surface area contributed by atoms with E-state index in [0.29, 0.717) is 6.04 Å². The Kier molecular flexibility index (Phi) is 5.46. The van der Waals surface area contributed by atoms with Crippen molar-refractivity contribution in [1.82, 2.24) is 5.32 Å². The van der Waals surface area contributed by atoms with Crippen molar-refractivity contribution in [2.45, 2.75) is 45.6 Å². The fraction of sp³-hybridized carbons (Fsp3) is 0.529. The first kappa shape index (κ1) is 14.1. The first-order valence-corrected chi connectivity index (χ1v) is 7.50. The quantitative estimate of drug-likeness (QED) is 0.772. The summed E-state index contributed by atoms with van der Waals surface area (Å²) in [6, 6.07) is 8.90. The Morgan fingerprint density at radius 1 is 1.16 bits per heavy atom. The molecule has 19 heavy (non-hydrogen) atoms. The number of hydrogen-bond acceptors (Lipinski definition) is 2. The first-order valence-electron chi connectivity index (χ1n) is 7.50. The van der Waals surface area contributed by atoms with Crippen LogP contribution in [0.5, 0.6) is 5.75 Å². The van der Waals surface area contributed by atoms with E-state index in [4.69, 9.17) is 4.74 Å². The lowest BCUT2D eigenvalue weighted by Crippen LogP contribution is -2.23. The number of hydrogen-bond donors (Lipinski definition) is 1. The van der Waals surface area contributed by atoms with Crippen LogP contribution in [0.25, 0.3) is 0 Å². The molecule has 1 atom stereocenters. The standard InChI is InChI=1S/C17H25NO/c1-3-18-17(14-8-6-5-7-9-14)15-10-12-16(13-11-15)19-4-2/h8,10-13,17-18H,3-7,9H2,1-2H3. The third kappa shape index (κ3) is 3.84. The first-order chi connectivity index (χ1) is 9.35. The Bertz CT molecular complexity index is 408. The predicted molar refractivity (Wildman–Crippen MR) is 80.6 cm³/mol. The zero-order valence-electron chi connectivity index (χ0n) is 12.1. The van der Waals surface area contributed by atoms with E-state index in [1.54, 1.807) is 5.57 Å². The Morgan fingerprint density at radius 2 is 1.95 bits per heavy atom. The molecule has 0 heterocycles. The van der Waals surface area contributed by atoms with Crippen LogP contribution in [0, 0.1) is 0 Å². The van der Waals surface area contributed by atoms with Gasteiger partial charge in [-0.3, -0.25) is 0 Å². The van der Waals surface area contributed by atoms with E-state index in [1.807, 2.05) is 6.92 Å². The van der Waals surface area contributed by atoms with Crippen molar-refractivity contribution in [2.24, 2.45) is 0 Å². The lowest BCUT2D eigenvalue weighted by molar-refractivity contribution is 0.340. The summed E-state index contributed by atoms with van der Waals surface area (Å²) >= 11 is 0. The van der Waals surface area contributed by atoms with Gasteiger partial charge in [-0.1, -0.05) is 30.7 Å². The highest BCUT2D eigenvalue weighted by atomic mass is 16.5. The zero-order chi connectivity index (χ0) is 13.5. The number of ether oxygens (including phenoxy) is 1. The normalized spacial score (nSPS) is 16.8. The maximum Gasteiger partial charge on any atom is 0.119 e. The van der Waals surface area contributed by atoms with Crippen LogP contribution >= 0.6 is 0 Å². The van der Waals surface area contributed by atoms with Crippen molar-refractivity contribution in [1.29, 1.82) is 0 Å². The maximum absolute atomic E-state index is 5.51. The molecule has 1 aliphatic carbocycles. The fourth-order valence-corrected chi connectivity index (χ4v) is 2.72. The van der Waals surface area contributed by atoms with Crippen molar-refractivity contribution < 1.29 is 4.74 Å². The van der Waals surface area contributed by atoms with E-state index in [1.165, 1.54) is 31.2 Å². The van der Waals surface area contributed by atoms with Crippen molar-refractivity contribution in [3.8, 4) is 5.75 Å². The molecule has 1 aliphatic rings. The topological polar surface area (TPSA) is 21.3 Å². The maximum atomic E-state index is 5.51. The number of rotatable bonds is 6. The van der Waals surface area contributed by atoms with Gasteiger partial charge in [0.15, 0.2) is 0 Å². The molecule has 0 amide bonds. The van der Waals surface area contributed by atoms with Gasteiger partial charge in [0.25, 0.3) is 0 Å². The summed E-state index contributed by atoms with van der Waals surface area (Å²) in [6.07, 6.45) is 7.54. The second kappa shape index (κ2) is 7.34. The minimum Gasteiger partial charge on any atom is -0.494 e. The highest BCUT2D eigenvalue weighted by Gasteiger charge is 2.17. The smallest absolute Gasteiger partial charge is 0.119 e. The molecule has 0 spiro atoms. The SMILES string of the molecule is CCNC(C1=CCCCC1)c1ccc(OCC)cc1. The van der Waals surface area contributed by atoms with Crippen LogP contribution in [0.2, 0.25) is 0 Å². The van der Waals surface area contributed by atoms with Gasteiger partial charge in [-0.2, -0.15) is 0 Å². The summed E-state index contributed by atoms with van der Waals surface area (Å²) in [7, 11) is 0. The molecule has 0 bridgehead atoms. The van der Waals surface area contributed by atoms with Gasteiger partial charge < -0.3 is 10.1 Å².